The molecule has 2 amide bonds. The maximum absolute atomic E-state index is 12.3. The zero-order chi connectivity index (χ0) is 14.0. The van der Waals surface area contributed by atoms with Gasteiger partial charge in [-0.1, -0.05) is 13.0 Å². The van der Waals surface area contributed by atoms with Crippen molar-refractivity contribution in [1.29, 1.82) is 0 Å². The highest BCUT2D eigenvalue weighted by molar-refractivity contribution is 6.57. The van der Waals surface area contributed by atoms with Crippen molar-refractivity contribution in [3.05, 3.63) is 23.8 Å². The van der Waals surface area contributed by atoms with Gasteiger partial charge in [0.2, 0.25) is 7.85 Å². The topological polar surface area (TPSA) is 58.6 Å². The van der Waals surface area contributed by atoms with Crippen LogP contribution in [0.5, 0.6) is 5.75 Å². The van der Waals surface area contributed by atoms with Gasteiger partial charge in [0.15, 0.2) is 5.81 Å². The molecule has 100 valence electrons. The Morgan fingerprint density at radius 2 is 2.32 bits per heavy atom. The molecule has 1 aliphatic rings. The number of benzene rings is 1. The van der Waals surface area contributed by atoms with Gasteiger partial charge in [0.05, 0.1) is 5.69 Å². The van der Waals surface area contributed by atoms with E-state index in [-0.39, 0.29) is 18.3 Å². The summed E-state index contributed by atoms with van der Waals surface area (Å²) in [6, 6.07) is 5.16. The van der Waals surface area contributed by atoms with Crippen molar-refractivity contribution in [3.8, 4) is 5.75 Å². The van der Waals surface area contributed by atoms with E-state index in [1.807, 2.05) is 18.2 Å². The van der Waals surface area contributed by atoms with Gasteiger partial charge in [-0.15, -0.1) is 0 Å². The lowest BCUT2D eigenvalue weighted by atomic mass is 10.1. The summed E-state index contributed by atoms with van der Waals surface area (Å²) in [5.41, 5.74) is 1.89. The largest absolute Gasteiger partial charge is 0.489 e. The van der Waals surface area contributed by atoms with Crippen molar-refractivity contribution in [2.45, 2.75) is 19.4 Å². The highest BCUT2D eigenvalue weighted by Crippen LogP contribution is 2.31. The molecule has 0 aliphatic carbocycles. The molecule has 0 aromatic heterocycles. The molecular formula is C13H17BN2O3. The minimum Gasteiger partial charge on any atom is -0.489 e. The minimum absolute atomic E-state index is 0.154. The standard InChI is InChI=1S/C13H17BN2O3/c1-3-8-4-5-11-10(6-8)16(2)12(17)9(7-19-11)15-13(14)18/h4-6,9H,3,7,14H2,1-2H3,(H,15,18). The molecular weight excluding hydrogens is 243 g/mol. The third kappa shape index (κ3) is 2.72. The van der Waals surface area contributed by atoms with Gasteiger partial charge in [-0.25, -0.2) is 0 Å². The number of hydrogen-bond donors (Lipinski definition) is 1. The van der Waals surface area contributed by atoms with Gasteiger partial charge in [0, 0.05) is 7.05 Å². The van der Waals surface area contributed by atoms with Crippen LogP contribution in [-0.4, -0.2) is 39.3 Å². The molecule has 1 atom stereocenters. The molecule has 1 heterocycles. The van der Waals surface area contributed by atoms with Gasteiger partial charge in [0.1, 0.15) is 18.4 Å². The zero-order valence-corrected chi connectivity index (χ0v) is 11.4. The molecule has 0 radical (unpaired) electrons. The number of likely N-dealkylation sites (N-methyl/N-ethyl adjacent to an activating group) is 1. The van der Waals surface area contributed by atoms with E-state index in [1.165, 1.54) is 7.85 Å². The lowest BCUT2D eigenvalue weighted by molar-refractivity contribution is -0.120. The summed E-state index contributed by atoms with van der Waals surface area (Å²) in [6.07, 6.45) is 0.893. The molecule has 2 rings (SSSR count). The van der Waals surface area contributed by atoms with Gasteiger partial charge in [-0.05, 0) is 24.1 Å². The third-order valence-corrected chi connectivity index (χ3v) is 3.20. The lowest BCUT2D eigenvalue weighted by Gasteiger charge is -2.20. The van der Waals surface area contributed by atoms with Crippen molar-refractivity contribution in [2.24, 2.45) is 0 Å². The van der Waals surface area contributed by atoms with Gasteiger partial charge in [0.25, 0.3) is 5.91 Å². The van der Waals surface area contributed by atoms with E-state index in [9.17, 15) is 9.59 Å². The summed E-state index contributed by atoms with van der Waals surface area (Å²) < 4.78 is 5.63. The average molecular weight is 260 g/mol. The Labute approximate surface area is 113 Å². The molecule has 1 unspecified atom stereocenters. The first-order valence-corrected chi connectivity index (χ1v) is 6.33. The van der Waals surface area contributed by atoms with Crippen molar-refractivity contribution >= 4 is 25.2 Å². The Bertz CT molecular complexity index is 519. The summed E-state index contributed by atoms with van der Waals surface area (Å²) in [5, 5.41) is 2.61. The zero-order valence-electron chi connectivity index (χ0n) is 11.4. The van der Waals surface area contributed by atoms with Gasteiger partial charge < -0.3 is 15.0 Å². The number of carbonyl (C=O) groups excluding carboxylic acids is 2. The molecule has 1 N–H and O–H groups in total. The number of fused-ring (bicyclic) bond motifs is 1. The molecule has 1 aromatic rings. The number of nitrogens with one attached hydrogen (secondary N) is 1. The lowest BCUT2D eigenvalue weighted by Crippen LogP contribution is -2.49. The predicted molar refractivity (Wildman–Crippen MR) is 75.6 cm³/mol. The number of ether oxygens (including phenoxy) is 1. The second-order valence-electron chi connectivity index (χ2n) is 4.62. The van der Waals surface area contributed by atoms with Crippen molar-refractivity contribution < 1.29 is 14.3 Å². The quantitative estimate of drug-likeness (QED) is 0.779. The minimum atomic E-state index is -0.639. The second kappa shape index (κ2) is 5.34. The van der Waals surface area contributed by atoms with Gasteiger partial charge >= 0.3 is 0 Å². The van der Waals surface area contributed by atoms with E-state index < -0.39 is 6.04 Å². The monoisotopic (exact) mass is 260 g/mol. The van der Waals surface area contributed by atoms with Crippen LogP contribution in [0.4, 0.5) is 10.5 Å². The Balaban J connectivity index is 2.33. The highest BCUT2D eigenvalue weighted by Gasteiger charge is 2.29. The number of amides is 2. The Morgan fingerprint density at radius 1 is 1.58 bits per heavy atom. The highest BCUT2D eigenvalue weighted by atomic mass is 16.5. The Kier molecular flexibility index (Phi) is 3.78. The van der Waals surface area contributed by atoms with E-state index in [1.54, 1.807) is 11.9 Å². The summed E-state index contributed by atoms with van der Waals surface area (Å²) in [5.74, 6) is 0.263. The summed E-state index contributed by atoms with van der Waals surface area (Å²) in [7, 11) is 3.09. The number of nitrogens with zero attached hydrogens (tertiary/aromatic N) is 1. The summed E-state index contributed by atoms with van der Waals surface area (Å²) in [6.45, 7) is 2.21. The number of rotatable bonds is 2. The molecule has 5 nitrogen and oxygen atoms in total. The van der Waals surface area contributed by atoms with Crippen LogP contribution in [0, 0.1) is 0 Å². The predicted octanol–water partition coefficient (Wildman–Crippen LogP) is 0.315. The van der Waals surface area contributed by atoms with Crippen molar-refractivity contribution in [3.63, 3.8) is 0 Å². The molecule has 0 fully saturated rings. The van der Waals surface area contributed by atoms with Crippen LogP contribution in [0.2, 0.25) is 0 Å². The third-order valence-electron chi connectivity index (χ3n) is 3.20. The first-order chi connectivity index (χ1) is 9.02. The molecule has 0 bridgehead atoms. The average Bonchev–Trinajstić information content (AvgIpc) is 2.50. The van der Waals surface area contributed by atoms with Crippen molar-refractivity contribution in [2.75, 3.05) is 18.6 Å². The molecule has 0 saturated heterocycles. The SMILES string of the molecule is BC(=O)NC1COc2ccc(CC)cc2N(C)C1=O. The smallest absolute Gasteiger partial charge is 0.252 e. The van der Waals surface area contributed by atoms with E-state index in [0.717, 1.165) is 17.7 Å². The van der Waals surface area contributed by atoms with Crippen LogP contribution < -0.4 is 15.0 Å². The number of aryl methyl sites for hydroxylation is 1. The van der Waals surface area contributed by atoms with Crippen LogP contribution in [0.25, 0.3) is 0 Å². The number of hydrogen-bond acceptors (Lipinski definition) is 3. The Hall–Kier alpha value is -1.98. The molecule has 6 heteroatoms. The van der Waals surface area contributed by atoms with Gasteiger partial charge in [-0.3, -0.25) is 9.59 Å². The van der Waals surface area contributed by atoms with E-state index in [2.05, 4.69) is 12.2 Å². The van der Waals surface area contributed by atoms with Gasteiger partial charge in [-0.2, -0.15) is 0 Å². The first kappa shape index (κ1) is 13.5. The fraction of sp³-hybridized carbons (Fsp3) is 0.385. The maximum Gasteiger partial charge on any atom is 0.252 e. The number of carbonyl (C=O) groups is 2. The number of anilines is 1. The molecule has 1 aromatic carbocycles. The normalized spacial score (nSPS) is 18.3. The fourth-order valence-corrected chi connectivity index (χ4v) is 2.11. The summed E-state index contributed by atoms with van der Waals surface area (Å²) >= 11 is 0. The molecule has 0 saturated carbocycles. The van der Waals surface area contributed by atoms with Crippen LogP contribution in [-0.2, 0) is 11.2 Å². The first-order valence-electron chi connectivity index (χ1n) is 6.33. The molecule has 1 aliphatic heterocycles. The molecule has 0 spiro atoms. The van der Waals surface area contributed by atoms with E-state index in [0.29, 0.717) is 5.75 Å². The summed E-state index contributed by atoms with van der Waals surface area (Å²) in [4.78, 5) is 24.9. The fourth-order valence-electron chi connectivity index (χ4n) is 2.11. The Morgan fingerprint density at radius 3 is 2.95 bits per heavy atom. The van der Waals surface area contributed by atoms with E-state index in [4.69, 9.17) is 4.74 Å². The van der Waals surface area contributed by atoms with E-state index >= 15 is 0 Å². The van der Waals surface area contributed by atoms with Crippen LogP contribution >= 0.6 is 0 Å². The van der Waals surface area contributed by atoms with Crippen LogP contribution in [0.3, 0.4) is 0 Å². The van der Waals surface area contributed by atoms with Crippen molar-refractivity contribution in [1.82, 2.24) is 5.32 Å². The maximum atomic E-state index is 12.3. The van der Waals surface area contributed by atoms with Crippen LogP contribution in [0.1, 0.15) is 12.5 Å². The molecule has 19 heavy (non-hydrogen) atoms. The second-order valence-corrected chi connectivity index (χ2v) is 4.62. The van der Waals surface area contributed by atoms with Crippen LogP contribution in [0.15, 0.2) is 18.2 Å².